The fraction of sp³-hybridized carbons (Fsp3) is 0.893. The molecule has 1 fully saturated rings. The smallest absolute Gasteiger partial charge is 0.263 e. The van der Waals surface area contributed by atoms with Crippen LogP contribution >= 0.6 is 0 Å². The number of amides is 1. The summed E-state index contributed by atoms with van der Waals surface area (Å²) in [5.41, 5.74) is 3.45. The fourth-order valence-corrected chi connectivity index (χ4v) is 4.38. The highest BCUT2D eigenvalue weighted by Crippen LogP contribution is 2.12. The van der Waals surface area contributed by atoms with Crippen LogP contribution in [-0.2, 0) is 4.79 Å². The third kappa shape index (κ3) is 16.0. The number of nitrogens with zero attached hydrogens (tertiary/aromatic N) is 2. The second kappa shape index (κ2) is 19.7. The Kier molecular flexibility index (Phi) is 18.1. The summed E-state index contributed by atoms with van der Waals surface area (Å²) in [6, 6.07) is 0. The molecule has 1 N–H and O–H groups in total. The number of unbranched alkanes of at least 4 members (excludes halogenated alkanes) is 16. The summed E-state index contributed by atoms with van der Waals surface area (Å²) in [5, 5.41) is 2.11. The number of hydrogen-bond donors (Lipinski definition) is 1. The van der Waals surface area contributed by atoms with Crippen LogP contribution in [0.3, 0.4) is 0 Å². The second-order valence-corrected chi connectivity index (χ2v) is 10.5. The zero-order chi connectivity index (χ0) is 23.3. The Balaban J connectivity index is 1.74. The van der Waals surface area contributed by atoms with Crippen molar-refractivity contribution in [3.63, 3.8) is 0 Å². The Hall–Kier alpha value is -0.710. The van der Waals surface area contributed by atoms with Crippen LogP contribution in [0.4, 0.5) is 0 Å². The van der Waals surface area contributed by atoms with E-state index < -0.39 is 0 Å². The van der Waals surface area contributed by atoms with Crippen molar-refractivity contribution in [2.45, 2.75) is 122 Å². The van der Waals surface area contributed by atoms with Crippen molar-refractivity contribution in [3.8, 4) is 0 Å². The van der Waals surface area contributed by atoms with Gasteiger partial charge in [-0.15, -0.1) is 0 Å². The quantitative estimate of drug-likeness (QED) is 0.116. The van der Waals surface area contributed by atoms with Gasteiger partial charge in [0.25, 0.3) is 0 Å². The number of rotatable bonds is 21. The van der Waals surface area contributed by atoms with Gasteiger partial charge in [0, 0.05) is 6.54 Å². The zero-order valence-corrected chi connectivity index (χ0v) is 22.0. The van der Waals surface area contributed by atoms with E-state index in [1.54, 1.807) is 0 Å². The molecule has 188 valence electrons. The van der Waals surface area contributed by atoms with E-state index in [0.29, 0.717) is 16.9 Å². The Morgan fingerprint density at radius 2 is 1.22 bits per heavy atom. The van der Waals surface area contributed by atoms with Gasteiger partial charge in [-0.25, -0.2) is 9.80 Å². The predicted molar refractivity (Wildman–Crippen MR) is 139 cm³/mol. The van der Waals surface area contributed by atoms with Gasteiger partial charge in [0.2, 0.25) is 0 Å². The van der Waals surface area contributed by atoms with Crippen LogP contribution < -0.4 is 5.43 Å². The minimum Gasteiger partial charge on any atom is -0.263 e. The number of likely N-dealkylation sites (N-methyl/N-ethyl adjacent to an activating group) is 1. The molecule has 1 saturated heterocycles. The van der Waals surface area contributed by atoms with Crippen LogP contribution in [0.15, 0.2) is 12.2 Å². The monoisotopic (exact) mass is 450 g/mol. The average Bonchev–Trinajstić information content (AvgIpc) is 2.77. The number of hydrogen-bond acceptors (Lipinski definition) is 3. The second-order valence-electron chi connectivity index (χ2n) is 10.5. The lowest BCUT2D eigenvalue weighted by atomic mass is 10.1. The van der Waals surface area contributed by atoms with Crippen LogP contribution in [0.5, 0.6) is 0 Å². The van der Waals surface area contributed by atoms with Gasteiger partial charge in [0.15, 0.2) is 0 Å². The van der Waals surface area contributed by atoms with E-state index in [1.807, 2.05) is 14.1 Å². The first-order valence-corrected chi connectivity index (χ1v) is 14.1. The molecule has 0 radical (unpaired) electrons. The highest BCUT2D eigenvalue weighted by Gasteiger charge is 2.33. The van der Waals surface area contributed by atoms with Crippen LogP contribution in [0.25, 0.3) is 0 Å². The fourth-order valence-electron chi connectivity index (χ4n) is 4.38. The van der Waals surface area contributed by atoms with Crippen molar-refractivity contribution in [2.75, 3.05) is 40.3 Å². The van der Waals surface area contributed by atoms with Crippen molar-refractivity contribution in [2.24, 2.45) is 0 Å². The molecule has 0 spiro atoms. The topological polar surface area (TPSA) is 32.3 Å². The molecular formula is C28H56N3O+. The maximum absolute atomic E-state index is 12.0. The van der Waals surface area contributed by atoms with E-state index in [-0.39, 0.29) is 0 Å². The first kappa shape index (κ1) is 29.3. The summed E-state index contributed by atoms with van der Waals surface area (Å²) in [6.45, 7) is 5.71. The molecule has 1 heterocycles. The van der Waals surface area contributed by atoms with E-state index in [2.05, 4.69) is 29.5 Å². The molecule has 0 aliphatic carbocycles. The van der Waals surface area contributed by atoms with Crippen LogP contribution in [0.2, 0.25) is 0 Å². The summed E-state index contributed by atoms with van der Waals surface area (Å²) in [5.74, 6) is 0.309. The van der Waals surface area contributed by atoms with Crippen molar-refractivity contribution in [3.05, 3.63) is 12.2 Å². The highest BCUT2D eigenvalue weighted by molar-refractivity contribution is 5.71. The lowest BCUT2D eigenvalue weighted by Crippen LogP contribution is -2.61. The Morgan fingerprint density at radius 1 is 0.750 bits per heavy atom. The van der Waals surface area contributed by atoms with Crippen molar-refractivity contribution >= 4 is 5.91 Å². The van der Waals surface area contributed by atoms with Gasteiger partial charge in [-0.2, -0.15) is 0 Å². The third-order valence-corrected chi connectivity index (χ3v) is 6.95. The van der Waals surface area contributed by atoms with Gasteiger partial charge >= 0.3 is 5.91 Å². The molecule has 0 bridgehead atoms. The molecule has 4 heteroatoms. The minimum atomic E-state index is 0.309. The maximum atomic E-state index is 12.0. The maximum Gasteiger partial charge on any atom is 0.328 e. The SMILES string of the molecule is CCCCCCCCC=CCCCCCCCCCCCCNN1CC[N+](C)(C)C(=O)C1. The summed E-state index contributed by atoms with van der Waals surface area (Å²) in [4.78, 5) is 12.0. The van der Waals surface area contributed by atoms with E-state index in [1.165, 1.54) is 116 Å². The molecule has 0 unspecified atom stereocenters. The number of quaternary nitrogens is 1. The molecular weight excluding hydrogens is 394 g/mol. The predicted octanol–water partition coefficient (Wildman–Crippen LogP) is 7.01. The number of carbonyl (C=O) groups is 1. The normalized spacial score (nSPS) is 16.9. The van der Waals surface area contributed by atoms with Crippen molar-refractivity contribution < 1.29 is 9.28 Å². The summed E-state index contributed by atoms with van der Waals surface area (Å²) in [7, 11) is 4.02. The largest absolute Gasteiger partial charge is 0.328 e. The van der Waals surface area contributed by atoms with Crippen molar-refractivity contribution in [1.29, 1.82) is 0 Å². The lowest BCUT2D eigenvalue weighted by molar-refractivity contribution is -0.817. The Labute approximate surface area is 200 Å². The standard InChI is InChI=1S/C28H56N3O/c1-4-5-6-7-8-9-10-11-12-13-14-15-16-17-18-19-20-21-22-23-24-29-30-25-26-31(2,3)28(32)27-30/h11-12,29H,4-10,13-27H2,1-3H3/q+1. The molecule has 0 saturated carbocycles. The molecule has 1 aliphatic heterocycles. The number of hydrazine groups is 1. The van der Waals surface area contributed by atoms with Crippen molar-refractivity contribution in [1.82, 2.24) is 10.4 Å². The first-order chi connectivity index (χ1) is 15.6. The molecule has 0 aromatic rings. The van der Waals surface area contributed by atoms with Gasteiger partial charge in [-0.3, -0.25) is 9.91 Å². The number of allylic oxidation sites excluding steroid dienone is 2. The molecule has 0 aromatic heterocycles. The first-order valence-electron chi connectivity index (χ1n) is 14.1. The minimum absolute atomic E-state index is 0.309. The van der Waals surface area contributed by atoms with Crippen LogP contribution in [-0.4, -0.2) is 55.7 Å². The number of nitrogens with one attached hydrogen (secondary N) is 1. The number of piperazine rings is 1. The molecule has 0 aromatic carbocycles. The lowest BCUT2D eigenvalue weighted by Gasteiger charge is -2.36. The van der Waals surface area contributed by atoms with E-state index in [4.69, 9.17) is 0 Å². The molecule has 1 rings (SSSR count). The molecule has 32 heavy (non-hydrogen) atoms. The van der Waals surface area contributed by atoms with Gasteiger partial charge in [0.1, 0.15) is 6.54 Å². The molecule has 1 amide bonds. The average molecular weight is 451 g/mol. The van der Waals surface area contributed by atoms with Gasteiger partial charge in [-0.1, -0.05) is 103 Å². The Bertz CT molecular complexity index is 475. The van der Waals surface area contributed by atoms with Gasteiger partial charge < -0.3 is 0 Å². The van der Waals surface area contributed by atoms with Crippen LogP contribution in [0.1, 0.15) is 122 Å². The Morgan fingerprint density at radius 3 is 1.72 bits per heavy atom. The molecule has 1 aliphatic rings. The molecule has 0 atom stereocenters. The summed E-state index contributed by atoms with van der Waals surface area (Å²) < 4.78 is 0.522. The van der Waals surface area contributed by atoms with Gasteiger partial charge in [-0.05, 0) is 32.1 Å². The van der Waals surface area contributed by atoms with Crippen LogP contribution in [0, 0.1) is 0 Å². The van der Waals surface area contributed by atoms with E-state index >= 15 is 0 Å². The van der Waals surface area contributed by atoms with Gasteiger partial charge in [0.05, 0.1) is 27.2 Å². The highest BCUT2D eigenvalue weighted by atomic mass is 16.2. The molecule has 4 nitrogen and oxygen atoms in total. The van der Waals surface area contributed by atoms with E-state index in [0.717, 1.165) is 19.6 Å². The summed E-state index contributed by atoms with van der Waals surface area (Å²) >= 11 is 0. The number of carbonyl (C=O) groups excluding carboxylic acids is 1. The zero-order valence-electron chi connectivity index (χ0n) is 22.0. The third-order valence-electron chi connectivity index (χ3n) is 6.95. The van der Waals surface area contributed by atoms with E-state index in [9.17, 15) is 4.79 Å². The summed E-state index contributed by atoms with van der Waals surface area (Å²) in [6.07, 6.45) is 29.5.